The highest BCUT2D eigenvalue weighted by Gasteiger charge is 2.17. The number of hydrogen-bond donors (Lipinski definition) is 2. The number of fused-ring (bicyclic) bond motifs is 1. The molecule has 0 aliphatic rings. The number of anilines is 2. The molecule has 6 nitrogen and oxygen atoms in total. The molecule has 0 bridgehead atoms. The van der Waals surface area contributed by atoms with Gasteiger partial charge in [0.25, 0.3) is 0 Å². The Morgan fingerprint density at radius 1 is 0.943 bits per heavy atom. The van der Waals surface area contributed by atoms with Gasteiger partial charge in [0.05, 0.1) is 6.20 Å². The fraction of sp³-hybridized carbons (Fsp3) is 0.333. The van der Waals surface area contributed by atoms with Gasteiger partial charge in [-0.1, -0.05) is 32.8 Å². The largest absolute Gasteiger partial charge is 0.324 e. The van der Waals surface area contributed by atoms with Gasteiger partial charge in [0.15, 0.2) is 5.82 Å². The molecule has 0 spiro atoms. The van der Waals surface area contributed by atoms with Gasteiger partial charge in [-0.05, 0) is 61.1 Å². The molecule has 0 radical (unpaired) electrons. The van der Waals surface area contributed by atoms with Gasteiger partial charge in [-0.15, -0.1) is 0 Å². The smallest absolute Gasteiger partial charge is 0.229 e. The first kappa shape index (κ1) is 24.6. The van der Waals surface area contributed by atoms with E-state index < -0.39 is 11.6 Å². The van der Waals surface area contributed by atoms with E-state index in [0.29, 0.717) is 17.1 Å². The molecule has 0 aliphatic heterocycles. The Hall–Kier alpha value is -3.52. The third-order valence-electron chi connectivity index (χ3n) is 6.11. The lowest BCUT2D eigenvalue weighted by atomic mass is 9.92. The van der Waals surface area contributed by atoms with Crippen LogP contribution in [0.25, 0.3) is 22.2 Å². The number of benzene rings is 1. The van der Waals surface area contributed by atoms with Gasteiger partial charge >= 0.3 is 0 Å². The number of pyridine rings is 2. The van der Waals surface area contributed by atoms with Crippen LogP contribution in [0.3, 0.4) is 0 Å². The predicted octanol–water partition coefficient (Wildman–Crippen LogP) is 6.81. The van der Waals surface area contributed by atoms with Crippen molar-refractivity contribution in [3.05, 3.63) is 71.7 Å². The minimum Gasteiger partial charge on any atom is -0.324 e. The van der Waals surface area contributed by atoms with E-state index in [4.69, 9.17) is 5.73 Å². The van der Waals surface area contributed by atoms with E-state index in [1.54, 1.807) is 19.1 Å². The zero-order valence-corrected chi connectivity index (χ0v) is 20.2. The van der Waals surface area contributed by atoms with E-state index in [-0.39, 0.29) is 28.8 Å². The number of hydrogen-bond acceptors (Lipinski definition) is 6. The molecule has 4 aromatic rings. The van der Waals surface area contributed by atoms with Crippen molar-refractivity contribution >= 4 is 22.7 Å². The molecule has 0 fully saturated rings. The molecule has 3 aromatic heterocycles. The molecule has 0 saturated carbocycles. The summed E-state index contributed by atoms with van der Waals surface area (Å²) in [5.74, 6) is -0.0337. The van der Waals surface area contributed by atoms with Gasteiger partial charge in [0, 0.05) is 29.4 Å². The first-order chi connectivity index (χ1) is 16.9. The maximum Gasteiger partial charge on any atom is 0.229 e. The number of nitrogens with two attached hydrogens (primary N) is 1. The molecule has 1 atom stereocenters. The maximum atomic E-state index is 14.9. The fourth-order valence-electron chi connectivity index (χ4n) is 4.41. The summed E-state index contributed by atoms with van der Waals surface area (Å²) in [4.78, 5) is 17.0. The van der Waals surface area contributed by atoms with Crippen LogP contribution in [0.2, 0.25) is 0 Å². The van der Waals surface area contributed by atoms with Gasteiger partial charge in [-0.25, -0.2) is 23.7 Å². The molecule has 4 rings (SSSR count). The monoisotopic (exact) mass is 476 g/mol. The maximum absolute atomic E-state index is 14.9. The molecule has 1 unspecified atom stereocenters. The predicted molar refractivity (Wildman–Crippen MR) is 135 cm³/mol. The van der Waals surface area contributed by atoms with Crippen molar-refractivity contribution in [3.63, 3.8) is 0 Å². The standard InChI is InChI=1S/C27H30F2N6/c1-4-6-17(7-5-2)18-8-9-24(32-14-18)34-27-33-15-23(29)25(35-27)19-12-21-20(16(3)30)10-11-31-26(21)22(28)13-19/h8-17H,4-7,30H2,1-3H3,(H,32,33,34,35). The van der Waals surface area contributed by atoms with Crippen LogP contribution in [0.15, 0.2) is 48.9 Å². The molecule has 0 aliphatic carbocycles. The average Bonchev–Trinajstić information content (AvgIpc) is 2.85. The minimum absolute atomic E-state index is 0.0228. The quantitative estimate of drug-likeness (QED) is 0.276. The van der Waals surface area contributed by atoms with Gasteiger partial charge in [-0.2, -0.15) is 0 Å². The van der Waals surface area contributed by atoms with Crippen LogP contribution in [0.1, 0.15) is 69.5 Å². The van der Waals surface area contributed by atoms with Crippen molar-refractivity contribution < 1.29 is 8.78 Å². The zero-order valence-electron chi connectivity index (χ0n) is 20.2. The van der Waals surface area contributed by atoms with Crippen molar-refractivity contribution in [2.24, 2.45) is 5.73 Å². The van der Waals surface area contributed by atoms with Gasteiger partial charge in [-0.3, -0.25) is 4.98 Å². The molecular formula is C27H30F2N6. The third-order valence-corrected chi connectivity index (χ3v) is 6.11. The summed E-state index contributed by atoms with van der Waals surface area (Å²) in [6.45, 7) is 6.17. The topological polar surface area (TPSA) is 89.6 Å². The molecule has 3 heterocycles. The SMILES string of the molecule is CCCC(CCC)c1ccc(Nc2ncc(F)c(-c3cc(F)c4nccc(C(C)N)c4c3)n2)nc1. The normalized spacial score (nSPS) is 12.3. The van der Waals surface area contributed by atoms with Crippen molar-refractivity contribution in [3.8, 4) is 11.3 Å². The summed E-state index contributed by atoms with van der Waals surface area (Å²) in [6.07, 6.45) is 8.92. The number of aromatic nitrogens is 4. The second kappa shape index (κ2) is 10.8. The van der Waals surface area contributed by atoms with E-state index in [2.05, 4.69) is 45.2 Å². The third kappa shape index (κ3) is 5.43. The Balaban J connectivity index is 1.65. The Kier molecular flexibility index (Phi) is 7.60. The Bertz CT molecular complexity index is 1300. The lowest BCUT2D eigenvalue weighted by Crippen LogP contribution is -2.07. The Labute approximate surface area is 204 Å². The lowest BCUT2D eigenvalue weighted by Gasteiger charge is -2.16. The van der Waals surface area contributed by atoms with E-state index >= 15 is 0 Å². The Morgan fingerprint density at radius 2 is 1.71 bits per heavy atom. The van der Waals surface area contributed by atoms with Crippen molar-refractivity contribution in [1.29, 1.82) is 0 Å². The van der Waals surface area contributed by atoms with Crippen molar-refractivity contribution in [1.82, 2.24) is 19.9 Å². The van der Waals surface area contributed by atoms with E-state index in [0.717, 1.165) is 37.4 Å². The number of rotatable bonds is 9. The second-order valence-corrected chi connectivity index (χ2v) is 8.81. The van der Waals surface area contributed by atoms with Crippen molar-refractivity contribution in [2.75, 3.05) is 5.32 Å². The molecule has 1 aromatic carbocycles. The average molecular weight is 477 g/mol. The number of halogens is 2. The molecule has 0 amide bonds. The van der Waals surface area contributed by atoms with Crippen LogP contribution in [0.5, 0.6) is 0 Å². The van der Waals surface area contributed by atoms with Crippen LogP contribution in [0.4, 0.5) is 20.5 Å². The van der Waals surface area contributed by atoms with Crippen LogP contribution in [-0.2, 0) is 0 Å². The summed E-state index contributed by atoms with van der Waals surface area (Å²) in [5.41, 5.74) is 8.41. The highest BCUT2D eigenvalue weighted by Crippen LogP contribution is 2.31. The molecule has 35 heavy (non-hydrogen) atoms. The van der Waals surface area contributed by atoms with Crippen LogP contribution < -0.4 is 11.1 Å². The number of nitrogens with zero attached hydrogens (tertiary/aromatic N) is 4. The van der Waals surface area contributed by atoms with Crippen LogP contribution >= 0.6 is 0 Å². The lowest BCUT2D eigenvalue weighted by molar-refractivity contribution is 0.559. The summed E-state index contributed by atoms with van der Waals surface area (Å²) in [7, 11) is 0. The summed E-state index contributed by atoms with van der Waals surface area (Å²) < 4.78 is 29.6. The van der Waals surface area contributed by atoms with Gasteiger partial charge in [0.2, 0.25) is 5.95 Å². The molecule has 8 heteroatoms. The fourth-order valence-corrected chi connectivity index (χ4v) is 4.41. The Morgan fingerprint density at radius 3 is 2.37 bits per heavy atom. The highest BCUT2D eigenvalue weighted by atomic mass is 19.1. The van der Waals surface area contributed by atoms with E-state index in [1.165, 1.54) is 17.8 Å². The molecular weight excluding hydrogens is 446 g/mol. The van der Waals surface area contributed by atoms with Gasteiger partial charge < -0.3 is 11.1 Å². The van der Waals surface area contributed by atoms with Gasteiger partial charge in [0.1, 0.15) is 22.8 Å². The summed E-state index contributed by atoms with van der Waals surface area (Å²) in [6, 6.07) is 8.21. The minimum atomic E-state index is -0.661. The zero-order chi connectivity index (χ0) is 24.9. The summed E-state index contributed by atoms with van der Waals surface area (Å²) in [5, 5.41) is 3.55. The van der Waals surface area contributed by atoms with Crippen molar-refractivity contribution in [2.45, 2.75) is 58.4 Å². The first-order valence-electron chi connectivity index (χ1n) is 12.0. The van der Waals surface area contributed by atoms with E-state index in [9.17, 15) is 8.78 Å². The second-order valence-electron chi connectivity index (χ2n) is 8.81. The highest BCUT2D eigenvalue weighted by molar-refractivity contribution is 5.87. The van der Waals surface area contributed by atoms with Crippen LogP contribution in [-0.4, -0.2) is 19.9 Å². The van der Waals surface area contributed by atoms with E-state index in [1.807, 2.05) is 12.3 Å². The molecule has 182 valence electrons. The van der Waals surface area contributed by atoms with Crippen LogP contribution in [0, 0.1) is 11.6 Å². The summed E-state index contributed by atoms with van der Waals surface area (Å²) >= 11 is 0. The first-order valence-corrected chi connectivity index (χ1v) is 12.0. The molecule has 3 N–H and O–H groups in total. The molecule has 0 saturated heterocycles. The number of nitrogens with one attached hydrogen (secondary N) is 1.